The number of hydrogen-bond donors (Lipinski definition) is 2. The summed E-state index contributed by atoms with van der Waals surface area (Å²) in [5.41, 5.74) is 1.81. The van der Waals surface area contributed by atoms with Crippen LogP contribution in [0.2, 0.25) is 0 Å². The van der Waals surface area contributed by atoms with Crippen molar-refractivity contribution in [2.75, 3.05) is 6.54 Å². The van der Waals surface area contributed by atoms with Crippen molar-refractivity contribution in [1.29, 1.82) is 0 Å². The van der Waals surface area contributed by atoms with Gasteiger partial charge in [-0.05, 0) is 25.5 Å². The van der Waals surface area contributed by atoms with Crippen LogP contribution < -0.4 is 5.32 Å². The Morgan fingerprint density at radius 2 is 2.04 bits per heavy atom. The van der Waals surface area contributed by atoms with Gasteiger partial charge in [0.1, 0.15) is 5.70 Å². The molecule has 1 aromatic carbocycles. The van der Waals surface area contributed by atoms with Crippen molar-refractivity contribution in [1.82, 2.24) is 10.2 Å². The first-order chi connectivity index (χ1) is 10.9. The van der Waals surface area contributed by atoms with Crippen LogP contribution in [0.3, 0.4) is 0 Å². The molecule has 1 saturated heterocycles. The number of carboxylic acid groups (broad SMARTS) is 1. The summed E-state index contributed by atoms with van der Waals surface area (Å²) in [6.45, 7) is 4.19. The van der Waals surface area contributed by atoms with Crippen molar-refractivity contribution in [2.24, 2.45) is 0 Å². The number of nitro groups is 1. The van der Waals surface area contributed by atoms with Crippen molar-refractivity contribution in [3.8, 4) is 0 Å². The van der Waals surface area contributed by atoms with Gasteiger partial charge in [0.15, 0.2) is 5.82 Å². The molecule has 0 spiro atoms. The number of fused-ring (bicyclic) bond motifs is 1. The summed E-state index contributed by atoms with van der Waals surface area (Å²) in [5, 5.41) is 24.2. The lowest BCUT2D eigenvalue weighted by atomic mass is 9.91. The van der Waals surface area contributed by atoms with E-state index in [4.69, 9.17) is 0 Å². The summed E-state index contributed by atoms with van der Waals surface area (Å²) in [4.78, 5) is 24.3. The lowest BCUT2D eigenvalue weighted by molar-refractivity contribution is -0.431. The van der Waals surface area contributed by atoms with Crippen LogP contribution in [0.1, 0.15) is 24.0 Å². The third kappa shape index (κ3) is 2.54. The molecule has 120 valence electrons. The fourth-order valence-corrected chi connectivity index (χ4v) is 3.04. The predicted octanol–water partition coefficient (Wildman–Crippen LogP) is 1.80. The number of rotatable bonds is 3. The normalized spacial score (nSPS) is 23.2. The van der Waals surface area contributed by atoms with E-state index in [1.807, 2.05) is 26.0 Å². The van der Waals surface area contributed by atoms with Gasteiger partial charge in [0.25, 0.3) is 5.70 Å². The predicted molar refractivity (Wildman–Crippen MR) is 83.0 cm³/mol. The zero-order valence-electron chi connectivity index (χ0n) is 12.8. The van der Waals surface area contributed by atoms with Crippen LogP contribution in [0, 0.1) is 17.0 Å². The van der Waals surface area contributed by atoms with Crippen molar-refractivity contribution in [2.45, 2.75) is 25.8 Å². The molecular formula is C16H17N3O4. The van der Waals surface area contributed by atoms with Crippen molar-refractivity contribution >= 4 is 5.97 Å². The number of hydrogen-bond acceptors (Lipinski definition) is 5. The van der Waals surface area contributed by atoms with Crippen molar-refractivity contribution in [3.05, 3.63) is 68.8 Å². The molecule has 0 radical (unpaired) electrons. The lowest BCUT2D eigenvalue weighted by Gasteiger charge is -2.27. The van der Waals surface area contributed by atoms with E-state index in [9.17, 15) is 20.0 Å². The van der Waals surface area contributed by atoms with Gasteiger partial charge in [0.05, 0.1) is 10.8 Å². The van der Waals surface area contributed by atoms with Gasteiger partial charge in [0.2, 0.25) is 0 Å². The molecule has 23 heavy (non-hydrogen) atoms. The Morgan fingerprint density at radius 1 is 1.39 bits per heavy atom. The molecular weight excluding hydrogens is 298 g/mol. The van der Waals surface area contributed by atoms with Gasteiger partial charge in [-0.3, -0.25) is 10.1 Å². The van der Waals surface area contributed by atoms with Crippen LogP contribution in [-0.4, -0.2) is 33.5 Å². The van der Waals surface area contributed by atoms with E-state index in [1.165, 1.54) is 11.0 Å². The van der Waals surface area contributed by atoms with E-state index < -0.39 is 16.8 Å². The van der Waals surface area contributed by atoms with Gasteiger partial charge in [-0.1, -0.05) is 29.8 Å². The second-order valence-electron chi connectivity index (χ2n) is 5.89. The smallest absolute Gasteiger partial charge is 0.352 e. The van der Waals surface area contributed by atoms with Crippen LogP contribution in [0.15, 0.2) is 47.6 Å². The molecule has 1 aromatic rings. The number of benzene rings is 1. The minimum absolute atomic E-state index is 0.0109. The standard InChI is InChI=1S/C16H17N3O4/c1-9-3-5-11(6-4-9)12-7-13(16(20)21)18-8-10(2)17-15(18)14(12)19(22)23/h3-7,10,12,17H,8H2,1-2H3,(H,20,21)/t10-,12?/m0/s1. The molecule has 0 aromatic heterocycles. The fraction of sp³-hybridized carbons (Fsp3) is 0.312. The minimum Gasteiger partial charge on any atom is -0.477 e. The highest BCUT2D eigenvalue weighted by Gasteiger charge is 2.43. The molecule has 2 N–H and O–H groups in total. The van der Waals surface area contributed by atoms with Crippen LogP contribution in [-0.2, 0) is 4.79 Å². The van der Waals surface area contributed by atoms with Crippen LogP contribution in [0.5, 0.6) is 0 Å². The summed E-state index contributed by atoms with van der Waals surface area (Å²) in [6.07, 6.45) is 1.47. The molecule has 0 amide bonds. The minimum atomic E-state index is -1.09. The van der Waals surface area contributed by atoms with Gasteiger partial charge < -0.3 is 15.3 Å². The topological polar surface area (TPSA) is 95.7 Å². The van der Waals surface area contributed by atoms with E-state index in [2.05, 4.69) is 5.32 Å². The number of allylic oxidation sites excluding steroid dienone is 1. The molecule has 2 aliphatic rings. The highest BCUT2D eigenvalue weighted by atomic mass is 16.6. The Labute approximate surface area is 133 Å². The molecule has 3 rings (SSSR count). The highest BCUT2D eigenvalue weighted by Crippen LogP contribution is 2.38. The number of aryl methyl sites for hydroxylation is 1. The average Bonchev–Trinajstić information content (AvgIpc) is 2.86. The van der Waals surface area contributed by atoms with Gasteiger partial charge in [0, 0.05) is 12.6 Å². The summed E-state index contributed by atoms with van der Waals surface area (Å²) < 4.78 is 0. The average molecular weight is 315 g/mol. The Kier molecular flexibility index (Phi) is 3.55. The van der Waals surface area contributed by atoms with Crippen LogP contribution in [0.25, 0.3) is 0 Å². The second kappa shape index (κ2) is 5.42. The number of nitrogens with one attached hydrogen (secondary N) is 1. The van der Waals surface area contributed by atoms with Crippen molar-refractivity contribution < 1.29 is 14.8 Å². The molecule has 1 unspecified atom stereocenters. The molecule has 7 heteroatoms. The summed E-state index contributed by atoms with van der Waals surface area (Å²) in [5.74, 6) is -1.49. The summed E-state index contributed by atoms with van der Waals surface area (Å²) in [7, 11) is 0. The molecule has 7 nitrogen and oxygen atoms in total. The maximum Gasteiger partial charge on any atom is 0.352 e. The first-order valence-electron chi connectivity index (χ1n) is 7.32. The van der Waals surface area contributed by atoms with Gasteiger partial charge in [-0.25, -0.2) is 4.79 Å². The number of carboxylic acids is 1. The molecule has 2 atom stereocenters. The number of carbonyl (C=O) groups is 1. The number of aliphatic carboxylic acids is 1. The molecule has 0 aliphatic carbocycles. The highest BCUT2D eigenvalue weighted by molar-refractivity contribution is 5.87. The van der Waals surface area contributed by atoms with Crippen LogP contribution in [0.4, 0.5) is 0 Å². The van der Waals surface area contributed by atoms with E-state index >= 15 is 0 Å². The first-order valence-corrected chi connectivity index (χ1v) is 7.32. The van der Waals surface area contributed by atoms with Gasteiger partial charge in [-0.15, -0.1) is 0 Å². The molecule has 2 aliphatic heterocycles. The Morgan fingerprint density at radius 3 is 2.61 bits per heavy atom. The second-order valence-corrected chi connectivity index (χ2v) is 5.89. The van der Waals surface area contributed by atoms with Crippen molar-refractivity contribution in [3.63, 3.8) is 0 Å². The molecule has 0 saturated carbocycles. The lowest BCUT2D eigenvalue weighted by Crippen LogP contribution is -2.33. The van der Waals surface area contributed by atoms with E-state index in [0.29, 0.717) is 12.1 Å². The quantitative estimate of drug-likeness (QED) is 0.652. The largest absolute Gasteiger partial charge is 0.477 e. The maximum atomic E-state index is 11.6. The zero-order chi connectivity index (χ0) is 16.7. The SMILES string of the molecule is Cc1ccc(C2C=C(C(=O)O)N3C[C@H](C)NC3=C2[N+](=O)[O-])cc1. The fourth-order valence-electron chi connectivity index (χ4n) is 3.04. The monoisotopic (exact) mass is 315 g/mol. The third-order valence-electron chi connectivity index (χ3n) is 4.11. The molecule has 0 bridgehead atoms. The van der Waals surface area contributed by atoms with Gasteiger partial charge in [-0.2, -0.15) is 0 Å². The number of nitrogens with zero attached hydrogens (tertiary/aromatic N) is 2. The maximum absolute atomic E-state index is 11.6. The van der Waals surface area contributed by atoms with E-state index in [0.717, 1.165) is 5.56 Å². The molecule has 2 heterocycles. The van der Waals surface area contributed by atoms with Gasteiger partial charge >= 0.3 is 5.97 Å². The Hall–Kier alpha value is -2.83. The summed E-state index contributed by atoms with van der Waals surface area (Å²) in [6, 6.07) is 7.27. The van der Waals surface area contributed by atoms with Crippen LogP contribution >= 0.6 is 0 Å². The van der Waals surface area contributed by atoms with E-state index in [1.54, 1.807) is 12.1 Å². The Balaban J connectivity index is 2.17. The summed E-state index contributed by atoms with van der Waals surface area (Å²) >= 11 is 0. The Bertz CT molecular complexity index is 736. The third-order valence-corrected chi connectivity index (χ3v) is 4.11. The zero-order valence-corrected chi connectivity index (χ0v) is 12.8. The first kappa shape index (κ1) is 15.1. The van der Waals surface area contributed by atoms with E-state index in [-0.39, 0.29) is 23.3 Å². The molecule has 1 fully saturated rings.